The molecule has 10 heteroatoms. The molecule has 0 spiro atoms. The van der Waals surface area contributed by atoms with Crippen LogP contribution in [-0.4, -0.2) is 40.4 Å². The summed E-state index contributed by atoms with van der Waals surface area (Å²) in [6.45, 7) is 3.33. The second kappa shape index (κ2) is 10.3. The number of halogens is 2. The Morgan fingerprint density at radius 3 is 2.70 bits per heavy atom. The van der Waals surface area contributed by atoms with Gasteiger partial charge < -0.3 is 15.0 Å². The summed E-state index contributed by atoms with van der Waals surface area (Å²) >= 11 is 8.26. The summed E-state index contributed by atoms with van der Waals surface area (Å²) < 4.78 is 21.3. The smallest absolute Gasteiger partial charge is 0.270 e. The van der Waals surface area contributed by atoms with Crippen molar-refractivity contribution in [2.24, 2.45) is 0 Å². The van der Waals surface area contributed by atoms with E-state index in [9.17, 15) is 9.18 Å². The average Bonchev–Trinajstić information content (AvgIpc) is 3.33. The van der Waals surface area contributed by atoms with Crippen LogP contribution in [0, 0.1) is 5.82 Å². The fraction of sp³-hybridized carbons (Fsp3) is 0.233. The van der Waals surface area contributed by atoms with E-state index in [1.165, 1.54) is 52.5 Å². The van der Waals surface area contributed by atoms with Gasteiger partial charge in [0.2, 0.25) is 0 Å². The van der Waals surface area contributed by atoms with Gasteiger partial charge in [-0.1, -0.05) is 11.6 Å². The summed E-state index contributed by atoms with van der Waals surface area (Å²) in [5.74, 6) is 0.369. The monoisotopic (exact) mass is 573 g/mol. The summed E-state index contributed by atoms with van der Waals surface area (Å²) in [6.07, 6.45) is 5.46. The molecular weight excluding hydrogens is 549 g/mol. The van der Waals surface area contributed by atoms with Crippen LogP contribution in [0.25, 0.3) is 21.3 Å². The van der Waals surface area contributed by atoms with Crippen molar-refractivity contribution >= 4 is 38.8 Å². The highest BCUT2D eigenvalue weighted by molar-refractivity contribution is 7.19. The van der Waals surface area contributed by atoms with E-state index in [2.05, 4.69) is 38.5 Å². The molecule has 0 bridgehead atoms. The van der Waals surface area contributed by atoms with E-state index in [1.54, 1.807) is 11.3 Å². The second-order valence-electron chi connectivity index (χ2n) is 10.1. The lowest BCUT2D eigenvalue weighted by atomic mass is 9.92. The minimum atomic E-state index is -0.356. The van der Waals surface area contributed by atoms with Crippen molar-refractivity contribution in [1.29, 1.82) is 0 Å². The van der Waals surface area contributed by atoms with Gasteiger partial charge in [-0.05, 0) is 66.9 Å². The van der Waals surface area contributed by atoms with E-state index in [-0.39, 0.29) is 11.4 Å². The predicted molar refractivity (Wildman–Crippen MR) is 156 cm³/mol. The van der Waals surface area contributed by atoms with Gasteiger partial charge in [0.05, 0.1) is 29.0 Å². The molecular formula is C30H25ClFN5O2S. The number of thiophene rings is 1. The number of nitrogens with one attached hydrogen (secondary N) is 1. The van der Waals surface area contributed by atoms with Gasteiger partial charge in [-0.2, -0.15) is 5.10 Å². The SMILES string of the molecule is O=c1cc(Oc2ccc(F)cc2)cnn1Cc1cc2nccc(-c3cc(Cl)cc4c3N(C3CNC3)CCC4)c2s1. The number of benzene rings is 2. The van der Waals surface area contributed by atoms with E-state index < -0.39 is 0 Å². The number of hydrogen-bond donors (Lipinski definition) is 1. The number of nitrogens with zero attached hydrogens (tertiary/aromatic N) is 4. The van der Waals surface area contributed by atoms with Gasteiger partial charge in [-0.25, -0.2) is 9.07 Å². The van der Waals surface area contributed by atoms with E-state index in [1.807, 2.05) is 12.3 Å². The Labute approximate surface area is 238 Å². The minimum Gasteiger partial charge on any atom is -0.455 e. The number of rotatable bonds is 6. The van der Waals surface area contributed by atoms with Crippen LogP contribution in [-0.2, 0) is 13.0 Å². The van der Waals surface area contributed by atoms with Crippen LogP contribution in [0.2, 0.25) is 5.02 Å². The first kappa shape index (κ1) is 25.2. The third-order valence-corrected chi connectivity index (χ3v) is 8.80. The number of anilines is 1. The molecule has 7 nitrogen and oxygen atoms in total. The molecule has 1 fully saturated rings. The molecule has 0 radical (unpaired) electrons. The van der Waals surface area contributed by atoms with E-state index in [0.717, 1.165) is 63.7 Å². The molecule has 7 rings (SSSR count). The summed E-state index contributed by atoms with van der Waals surface area (Å²) in [5, 5.41) is 8.46. The van der Waals surface area contributed by atoms with Crippen molar-refractivity contribution in [1.82, 2.24) is 20.1 Å². The molecule has 202 valence electrons. The Morgan fingerprint density at radius 1 is 1.07 bits per heavy atom. The highest BCUT2D eigenvalue weighted by Crippen LogP contribution is 2.44. The van der Waals surface area contributed by atoms with E-state index in [0.29, 0.717) is 24.1 Å². The van der Waals surface area contributed by atoms with Gasteiger partial charge in [0.25, 0.3) is 5.56 Å². The molecule has 1 saturated heterocycles. The first-order valence-electron chi connectivity index (χ1n) is 13.2. The van der Waals surface area contributed by atoms with E-state index in [4.69, 9.17) is 16.3 Å². The zero-order chi connectivity index (χ0) is 27.2. The zero-order valence-corrected chi connectivity index (χ0v) is 23.0. The molecule has 2 aromatic carbocycles. The maximum absolute atomic E-state index is 13.2. The Morgan fingerprint density at radius 2 is 1.93 bits per heavy atom. The first-order chi connectivity index (χ1) is 19.5. The van der Waals surface area contributed by atoms with Crippen molar-refractivity contribution in [3.05, 3.63) is 98.6 Å². The van der Waals surface area contributed by atoms with Crippen molar-refractivity contribution in [3.8, 4) is 22.6 Å². The third-order valence-electron chi connectivity index (χ3n) is 7.44. The van der Waals surface area contributed by atoms with Crippen LogP contribution in [0.3, 0.4) is 0 Å². The van der Waals surface area contributed by atoms with Gasteiger partial charge in [0, 0.05) is 58.6 Å². The molecule has 5 aromatic rings. The summed E-state index contributed by atoms with van der Waals surface area (Å²) in [4.78, 5) is 21.0. The molecule has 0 unspecified atom stereocenters. The summed E-state index contributed by atoms with van der Waals surface area (Å²) in [5.41, 5.74) is 5.39. The number of pyridine rings is 1. The number of fused-ring (bicyclic) bond motifs is 2. The highest BCUT2D eigenvalue weighted by Gasteiger charge is 2.31. The van der Waals surface area contributed by atoms with Crippen LogP contribution in [0.4, 0.5) is 10.1 Å². The summed E-state index contributed by atoms with van der Waals surface area (Å²) in [6, 6.07) is 15.7. The standard InChI is InChI=1S/C30H25ClFN5O2S/c31-19-10-18-2-1-9-36(21-14-33-15-21)29(18)26(11-19)25-7-8-34-27-13-24(40-30(25)27)17-37-28(38)12-23(16-35-37)39-22-5-3-20(32)4-6-22/h3-8,10-13,16,21,33H,1-2,9,14-15,17H2. The maximum atomic E-state index is 13.2. The third kappa shape index (κ3) is 4.74. The first-order valence-corrected chi connectivity index (χ1v) is 14.4. The normalized spacial score (nSPS) is 15.2. The molecule has 2 aliphatic heterocycles. The fourth-order valence-corrected chi connectivity index (χ4v) is 6.82. The van der Waals surface area contributed by atoms with Crippen LogP contribution >= 0.6 is 22.9 Å². The minimum absolute atomic E-state index is 0.293. The fourth-order valence-electron chi connectivity index (χ4n) is 5.46. The molecule has 5 heterocycles. The van der Waals surface area contributed by atoms with Crippen molar-refractivity contribution in [3.63, 3.8) is 0 Å². The van der Waals surface area contributed by atoms with Crippen LogP contribution in [0.5, 0.6) is 11.5 Å². The molecule has 0 saturated carbocycles. The Hall–Kier alpha value is -3.79. The van der Waals surface area contributed by atoms with Gasteiger partial charge >= 0.3 is 0 Å². The topological polar surface area (TPSA) is 72.3 Å². The molecule has 0 aliphatic carbocycles. The lowest BCUT2D eigenvalue weighted by Gasteiger charge is -2.44. The quantitative estimate of drug-likeness (QED) is 0.274. The number of aromatic nitrogens is 3. The number of aryl methyl sites for hydroxylation is 1. The van der Waals surface area contributed by atoms with Gasteiger partial charge in [0.1, 0.15) is 11.6 Å². The molecule has 1 N–H and O–H groups in total. The van der Waals surface area contributed by atoms with Gasteiger partial charge in [-0.3, -0.25) is 9.78 Å². The average molecular weight is 574 g/mol. The van der Waals surface area contributed by atoms with Gasteiger partial charge in [0.15, 0.2) is 5.75 Å². The molecule has 3 aromatic heterocycles. The number of hydrogen-bond acceptors (Lipinski definition) is 7. The van der Waals surface area contributed by atoms with Crippen LogP contribution < -0.4 is 20.5 Å². The lowest BCUT2D eigenvalue weighted by molar-refractivity contribution is 0.406. The Bertz CT molecular complexity index is 1780. The molecule has 40 heavy (non-hydrogen) atoms. The number of ether oxygens (including phenoxy) is 1. The van der Waals surface area contributed by atoms with Crippen molar-refractivity contribution in [2.75, 3.05) is 24.5 Å². The van der Waals surface area contributed by atoms with E-state index >= 15 is 0 Å². The Balaban J connectivity index is 1.21. The Kier molecular flexibility index (Phi) is 6.50. The molecule has 0 amide bonds. The van der Waals surface area contributed by atoms with Crippen LogP contribution in [0.1, 0.15) is 16.9 Å². The molecule has 0 atom stereocenters. The predicted octanol–water partition coefficient (Wildman–Crippen LogP) is 5.88. The maximum Gasteiger partial charge on any atom is 0.270 e. The highest BCUT2D eigenvalue weighted by atomic mass is 35.5. The van der Waals surface area contributed by atoms with Gasteiger partial charge in [-0.15, -0.1) is 11.3 Å². The lowest BCUT2D eigenvalue weighted by Crippen LogP contribution is -2.58. The van der Waals surface area contributed by atoms with Crippen LogP contribution in [0.15, 0.2) is 71.8 Å². The second-order valence-corrected chi connectivity index (χ2v) is 11.7. The summed E-state index contributed by atoms with van der Waals surface area (Å²) in [7, 11) is 0. The largest absolute Gasteiger partial charge is 0.455 e. The van der Waals surface area contributed by atoms with Crippen molar-refractivity contribution in [2.45, 2.75) is 25.4 Å². The molecule has 2 aliphatic rings. The van der Waals surface area contributed by atoms with Crippen molar-refractivity contribution < 1.29 is 9.13 Å². The zero-order valence-electron chi connectivity index (χ0n) is 21.4.